The molecule has 0 aliphatic rings. The second-order valence-electron chi connectivity index (χ2n) is 4.38. The monoisotopic (exact) mass is 286 g/mol. The van der Waals surface area contributed by atoms with Gasteiger partial charge in [0.15, 0.2) is 5.15 Å². The fraction of sp³-hybridized carbons (Fsp3) is 0.0714. The number of rotatable bonds is 2. The summed E-state index contributed by atoms with van der Waals surface area (Å²) < 4.78 is 1.39. The smallest absolute Gasteiger partial charge is 0.278 e. The van der Waals surface area contributed by atoms with Crippen LogP contribution < -0.4 is 11.3 Å². The Kier molecular flexibility index (Phi) is 3.12. The fourth-order valence-electron chi connectivity index (χ4n) is 1.97. The molecule has 20 heavy (non-hydrogen) atoms. The van der Waals surface area contributed by atoms with Crippen LogP contribution in [0.2, 0.25) is 5.15 Å². The Balaban J connectivity index is 2.01. The lowest BCUT2D eigenvalue weighted by atomic mass is 10.2. The molecule has 6 heteroatoms. The predicted molar refractivity (Wildman–Crippen MR) is 78.8 cm³/mol. The summed E-state index contributed by atoms with van der Waals surface area (Å²) >= 11 is 5.70. The van der Waals surface area contributed by atoms with E-state index in [1.165, 1.54) is 10.9 Å². The number of benzene rings is 1. The highest BCUT2D eigenvalue weighted by atomic mass is 35.5. The maximum absolute atomic E-state index is 11.9. The first-order chi connectivity index (χ1) is 9.65. The van der Waals surface area contributed by atoms with Crippen LogP contribution in [0.1, 0.15) is 5.69 Å². The number of aromatic nitrogens is 3. The quantitative estimate of drug-likeness (QED) is 0.732. The van der Waals surface area contributed by atoms with E-state index in [1.54, 1.807) is 0 Å². The van der Waals surface area contributed by atoms with E-state index >= 15 is 0 Å². The van der Waals surface area contributed by atoms with Crippen LogP contribution >= 0.6 is 11.6 Å². The Bertz CT molecular complexity index is 844. The summed E-state index contributed by atoms with van der Waals surface area (Å²) in [4.78, 5) is 20.3. The lowest BCUT2D eigenvalue weighted by Gasteiger charge is -2.07. The van der Waals surface area contributed by atoms with Crippen LogP contribution in [0.3, 0.4) is 0 Å². The Morgan fingerprint density at radius 3 is 2.85 bits per heavy atom. The Morgan fingerprint density at radius 2 is 2.00 bits per heavy atom. The number of nitrogen functional groups attached to an aromatic ring is 1. The molecule has 2 N–H and O–H groups in total. The molecule has 0 bridgehead atoms. The summed E-state index contributed by atoms with van der Waals surface area (Å²) in [5, 5.41) is 1.08. The summed E-state index contributed by atoms with van der Waals surface area (Å²) in [5.74, 6) is 0. The number of pyridine rings is 1. The van der Waals surface area contributed by atoms with Crippen LogP contribution in [-0.4, -0.2) is 14.5 Å². The van der Waals surface area contributed by atoms with Crippen molar-refractivity contribution in [3.8, 4) is 0 Å². The number of nitrogens with zero attached hydrogens (tertiary/aromatic N) is 3. The van der Waals surface area contributed by atoms with Crippen LogP contribution in [0, 0.1) is 0 Å². The van der Waals surface area contributed by atoms with Crippen molar-refractivity contribution in [2.45, 2.75) is 6.54 Å². The molecule has 0 aliphatic carbocycles. The summed E-state index contributed by atoms with van der Waals surface area (Å²) in [6, 6.07) is 11.6. The molecule has 0 radical (unpaired) electrons. The minimum Gasteiger partial charge on any atom is -0.392 e. The first kappa shape index (κ1) is 12.6. The second-order valence-corrected chi connectivity index (χ2v) is 4.74. The maximum atomic E-state index is 11.9. The number of para-hydroxylation sites is 1. The predicted octanol–water partition coefficient (Wildman–Crippen LogP) is 2.08. The van der Waals surface area contributed by atoms with Gasteiger partial charge in [-0.1, -0.05) is 35.9 Å². The van der Waals surface area contributed by atoms with Crippen molar-refractivity contribution >= 4 is 28.2 Å². The SMILES string of the molecule is Nc1c(Cl)ncn(Cc2ccc3ccccc3n2)c1=O. The molecule has 1 aromatic carbocycles. The molecule has 0 spiro atoms. The molecule has 100 valence electrons. The molecule has 0 fully saturated rings. The molecule has 0 aliphatic heterocycles. The number of fused-ring (bicyclic) bond motifs is 1. The van der Waals surface area contributed by atoms with Gasteiger partial charge in [0, 0.05) is 5.39 Å². The van der Waals surface area contributed by atoms with Crippen molar-refractivity contribution in [2.24, 2.45) is 0 Å². The van der Waals surface area contributed by atoms with E-state index in [2.05, 4.69) is 9.97 Å². The third-order valence-corrected chi connectivity index (χ3v) is 3.31. The largest absolute Gasteiger partial charge is 0.392 e. The minimum atomic E-state index is -0.361. The van der Waals surface area contributed by atoms with Gasteiger partial charge in [0.25, 0.3) is 5.56 Å². The maximum Gasteiger partial charge on any atom is 0.278 e. The van der Waals surface area contributed by atoms with Crippen molar-refractivity contribution in [3.05, 3.63) is 63.9 Å². The van der Waals surface area contributed by atoms with Crippen molar-refractivity contribution in [1.82, 2.24) is 14.5 Å². The van der Waals surface area contributed by atoms with E-state index in [9.17, 15) is 4.79 Å². The Labute approximate surface area is 119 Å². The van der Waals surface area contributed by atoms with Gasteiger partial charge in [-0.2, -0.15) is 0 Å². The molecule has 0 amide bonds. The first-order valence-electron chi connectivity index (χ1n) is 6.00. The lowest BCUT2D eigenvalue weighted by Crippen LogP contribution is -2.24. The number of hydrogen-bond donors (Lipinski definition) is 1. The summed E-state index contributed by atoms with van der Waals surface area (Å²) in [6.07, 6.45) is 1.37. The van der Waals surface area contributed by atoms with E-state index in [0.717, 1.165) is 16.6 Å². The molecule has 0 unspecified atom stereocenters. The molecule has 0 atom stereocenters. The molecule has 0 saturated carbocycles. The van der Waals surface area contributed by atoms with Crippen LogP contribution in [0.15, 0.2) is 47.5 Å². The molecular weight excluding hydrogens is 276 g/mol. The van der Waals surface area contributed by atoms with Gasteiger partial charge in [-0.25, -0.2) is 4.98 Å². The van der Waals surface area contributed by atoms with Crippen molar-refractivity contribution < 1.29 is 0 Å². The standard InChI is InChI=1S/C14H11ClN4O/c15-13-12(16)14(20)19(8-17-13)7-10-6-5-9-3-1-2-4-11(9)18-10/h1-6,8H,7,16H2. The molecule has 0 saturated heterocycles. The molecule has 3 aromatic rings. The number of anilines is 1. The summed E-state index contributed by atoms with van der Waals surface area (Å²) in [7, 11) is 0. The molecular formula is C14H11ClN4O. The van der Waals surface area contributed by atoms with Crippen molar-refractivity contribution in [2.75, 3.05) is 5.73 Å². The minimum absolute atomic E-state index is 0.0257. The van der Waals surface area contributed by atoms with Crippen LogP contribution in [0.25, 0.3) is 10.9 Å². The zero-order valence-corrected chi connectivity index (χ0v) is 11.2. The van der Waals surface area contributed by atoms with Gasteiger partial charge in [0.2, 0.25) is 0 Å². The summed E-state index contributed by atoms with van der Waals surface area (Å²) in [6.45, 7) is 0.304. The normalized spacial score (nSPS) is 10.8. The van der Waals surface area contributed by atoms with E-state index < -0.39 is 0 Å². The van der Waals surface area contributed by atoms with Gasteiger partial charge >= 0.3 is 0 Å². The Morgan fingerprint density at radius 1 is 1.20 bits per heavy atom. The van der Waals surface area contributed by atoms with Gasteiger partial charge in [0.05, 0.1) is 24.1 Å². The second kappa shape index (κ2) is 4.94. The number of nitrogens with two attached hydrogens (primary N) is 1. The number of hydrogen-bond acceptors (Lipinski definition) is 4. The molecule has 2 heterocycles. The van der Waals surface area contributed by atoms with Gasteiger partial charge in [0.1, 0.15) is 5.69 Å². The van der Waals surface area contributed by atoms with Gasteiger partial charge < -0.3 is 5.73 Å². The van der Waals surface area contributed by atoms with Gasteiger partial charge in [-0.15, -0.1) is 0 Å². The average Bonchev–Trinajstić information content (AvgIpc) is 2.48. The van der Waals surface area contributed by atoms with E-state index in [1.807, 2.05) is 36.4 Å². The fourth-order valence-corrected chi connectivity index (χ4v) is 2.09. The Hall–Kier alpha value is -2.40. The van der Waals surface area contributed by atoms with E-state index in [0.29, 0.717) is 6.54 Å². The molecule has 5 nitrogen and oxygen atoms in total. The van der Waals surface area contributed by atoms with E-state index in [4.69, 9.17) is 17.3 Å². The third kappa shape index (κ3) is 2.23. The molecule has 2 aromatic heterocycles. The van der Waals surface area contributed by atoms with Gasteiger partial charge in [-0.3, -0.25) is 14.3 Å². The zero-order chi connectivity index (χ0) is 14.1. The van der Waals surface area contributed by atoms with Crippen molar-refractivity contribution in [1.29, 1.82) is 0 Å². The highest BCUT2D eigenvalue weighted by molar-refractivity contribution is 6.31. The summed E-state index contributed by atoms with van der Waals surface area (Å²) in [5.41, 5.74) is 6.81. The first-order valence-corrected chi connectivity index (χ1v) is 6.38. The highest BCUT2D eigenvalue weighted by Gasteiger charge is 2.07. The van der Waals surface area contributed by atoms with Gasteiger partial charge in [-0.05, 0) is 12.1 Å². The van der Waals surface area contributed by atoms with Crippen molar-refractivity contribution in [3.63, 3.8) is 0 Å². The third-order valence-electron chi connectivity index (χ3n) is 3.01. The average molecular weight is 287 g/mol. The van der Waals surface area contributed by atoms with Crippen LogP contribution in [0.4, 0.5) is 5.69 Å². The molecule has 3 rings (SSSR count). The zero-order valence-electron chi connectivity index (χ0n) is 10.5. The van der Waals surface area contributed by atoms with E-state index in [-0.39, 0.29) is 16.4 Å². The van der Waals surface area contributed by atoms with Crippen LogP contribution in [-0.2, 0) is 6.54 Å². The highest BCUT2D eigenvalue weighted by Crippen LogP contribution is 2.13. The lowest BCUT2D eigenvalue weighted by molar-refractivity contribution is 0.724. The topological polar surface area (TPSA) is 73.8 Å². The number of halogens is 1. The van der Waals surface area contributed by atoms with Crippen LogP contribution in [0.5, 0.6) is 0 Å².